The molecule has 1 aliphatic rings. The molecule has 2 N–H and O–H groups in total. The van der Waals surface area contributed by atoms with Gasteiger partial charge in [0.25, 0.3) is 0 Å². The number of hydrogen-bond acceptors (Lipinski definition) is 2. The summed E-state index contributed by atoms with van der Waals surface area (Å²) in [6.45, 7) is 5.08. The number of rotatable bonds is 10. The van der Waals surface area contributed by atoms with Crippen molar-refractivity contribution in [3.05, 3.63) is 0 Å². The number of carboxylic acids is 1. The first-order valence-corrected chi connectivity index (χ1v) is 8.50. The smallest absolute Gasteiger partial charge is 0.303 e. The second-order valence-corrected chi connectivity index (χ2v) is 6.67. The Kier molecular flexibility index (Phi) is 7.76. The van der Waals surface area contributed by atoms with E-state index in [-0.39, 0.29) is 17.7 Å². The van der Waals surface area contributed by atoms with Crippen molar-refractivity contribution in [3.63, 3.8) is 0 Å². The predicted octanol–water partition coefficient (Wildman–Crippen LogP) is 3.74. The largest absolute Gasteiger partial charge is 0.481 e. The zero-order valence-electron chi connectivity index (χ0n) is 13.6. The van der Waals surface area contributed by atoms with E-state index in [0.29, 0.717) is 12.3 Å². The summed E-state index contributed by atoms with van der Waals surface area (Å²) in [5.74, 6) is -0.194. The molecule has 1 aliphatic carbocycles. The number of unbranched alkanes of at least 4 members (excludes halogenated alkanes) is 1. The highest BCUT2D eigenvalue weighted by Gasteiger charge is 2.37. The van der Waals surface area contributed by atoms with Gasteiger partial charge in [0.15, 0.2) is 0 Å². The maximum atomic E-state index is 12.2. The molecule has 0 aliphatic heterocycles. The summed E-state index contributed by atoms with van der Waals surface area (Å²) in [6, 6.07) is 0. The Morgan fingerprint density at radius 3 is 2.38 bits per heavy atom. The quantitative estimate of drug-likeness (QED) is 0.645. The highest BCUT2D eigenvalue weighted by molar-refractivity contribution is 5.78. The molecule has 0 heterocycles. The molecule has 1 unspecified atom stereocenters. The van der Waals surface area contributed by atoms with Crippen LogP contribution in [-0.4, -0.2) is 23.5 Å². The Morgan fingerprint density at radius 1 is 1.19 bits per heavy atom. The van der Waals surface area contributed by atoms with Crippen LogP contribution in [0.1, 0.15) is 78.1 Å². The molecule has 0 radical (unpaired) electrons. The lowest BCUT2D eigenvalue weighted by atomic mass is 9.79. The maximum Gasteiger partial charge on any atom is 0.303 e. The van der Waals surface area contributed by atoms with E-state index in [0.717, 1.165) is 45.1 Å². The molecular formula is C17H31NO3. The molecule has 0 saturated heterocycles. The summed E-state index contributed by atoms with van der Waals surface area (Å²) < 4.78 is 0. The van der Waals surface area contributed by atoms with Crippen molar-refractivity contribution in [2.24, 2.45) is 11.3 Å². The van der Waals surface area contributed by atoms with Crippen LogP contribution >= 0.6 is 0 Å². The summed E-state index contributed by atoms with van der Waals surface area (Å²) in [6.07, 6.45) is 9.00. The highest BCUT2D eigenvalue weighted by atomic mass is 16.4. The fourth-order valence-corrected chi connectivity index (χ4v) is 3.47. The zero-order valence-corrected chi connectivity index (χ0v) is 13.6. The summed E-state index contributed by atoms with van der Waals surface area (Å²) in [5.41, 5.74) is -0.291. The molecule has 1 fully saturated rings. The molecule has 4 heteroatoms. The first-order chi connectivity index (χ1) is 10.0. The van der Waals surface area contributed by atoms with Crippen LogP contribution in [0.25, 0.3) is 0 Å². The van der Waals surface area contributed by atoms with Gasteiger partial charge < -0.3 is 10.4 Å². The molecule has 0 aromatic rings. The second-order valence-electron chi connectivity index (χ2n) is 6.67. The van der Waals surface area contributed by atoms with E-state index >= 15 is 0 Å². The van der Waals surface area contributed by atoms with Gasteiger partial charge in [0.05, 0.1) is 6.42 Å². The summed E-state index contributed by atoms with van der Waals surface area (Å²) in [4.78, 5) is 23.2. The van der Waals surface area contributed by atoms with Gasteiger partial charge in [-0.1, -0.05) is 46.0 Å². The number of hydrogen-bond donors (Lipinski definition) is 2. The average molecular weight is 297 g/mol. The van der Waals surface area contributed by atoms with Gasteiger partial charge >= 0.3 is 5.97 Å². The molecule has 1 rings (SSSR count). The van der Waals surface area contributed by atoms with Gasteiger partial charge in [-0.3, -0.25) is 9.59 Å². The normalized spacial score (nSPS) is 18.4. The van der Waals surface area contributed by atoms with Gasteiger partial charge in [-0.25, -0.2) is 0 Å². The summed E-state index contributed by atoms with van der Waals surface area (Å²) in [7, 11) is 0. The summed E-state index contributed by atoms with van der Waals surface area (Å²) >= 11 is 0. The average Bonchev–Trinajstić information content (AvgIpc) is 2.86. The van der Waals surface area contributed by atoms with Gasteiger partial charge in [-0.15, -0.1) is 0 Å². The molecular weight excluding hydrogens is 266 g/mol. The minimum absolute atomic E-state index is 0.0353. The van der Waals surface area contributed by atoms with Crippen molar-refractivity contribution in [1.82, 2.24) is 5.32 Å². The van der Waals surface area contributed by atoms with E-state index in [1.54, 1.807) is 0 Å². The van der Waals surface area contributed by atoms with Crippen molar-refractivity contribution >= 4 is 11.9 Å². The van der Waals surface area contributed by atoms with E-state index in [1.807, 2.05) is 0 Å². The number of carbonyl (C=O) groups excluding carboxylic acids is 1. The van der Waals surface area contributed by atoms with Crippen LogP contribution in [0.2, 0.25) is 0 Å². The molecule has 1 amide bonds. The summed E-state index contributed by atoms with van der Waals surface area (Å²) in [5, 5.41) is 12.1. The molecule has 0 bridgehead atoms. The minimum atomic E-state index is -0.779. The Hall–Kier alpha value is -1.06. The van der Waals surface area contributed by atoms with Crippen LogP contribution < -0.4 is 5.32 Å². The van der Waals surface area contributed by atoms with Crippen LogP contribution in [0.5, 0.6) is 0 Å². The second kappa shape index (κ2) is 9.06. The molecule has 0 spiro atoms. The molecule has 0 aromatic carbocycles. The molecule has 0 aromatic heterocycles. The lowest BCUT2D eigenvalue weighted by molar-refractivity contribution is -0.140. The Balaban J connectivity index is 2.41. The van der Waals surface area contributed by atoms with E-state index in [1.165, 1.54) is 12.8 Å². The maximum absolute atomic E-state index is 12.2. The van der Waals surface area contributed by atoms with Crippen LogP contribution in [0.15, 0.2) is 0 Å². The number of amides is 1. The third-order valence-electron chi connectivity index (χ3n) is 4.86. The van der Waals surface area contributed by atoms with Crippen molar-refractivity contribution in [3.8, 4) is 0 Å². The van der Waals surface area contributed by atoms with Crippen molar-refractivity contribution < 1.29 is 14.7 Å². The topological polar surface area (TPSA) is 66.4 Å². The zero-order chi connectivity index (χ0) is 15.7. The number of aliphatic carboxylic acids is 1. The van der Waals surface area contributed by atoms with Gasteiger partial charge in [-0.05, 0) is 30.6 Å². The molecule has 1 saturated carbocycles. The van der Waals surface area contributed by atoms with Crippen molar-refractivity contribution in [2.45, 2.75) is 78.1 Å². The van der Waals surface area contributed by atoms with Crippen molar-refractivity contribution in [1.29, 1.82) is 0 Å². The van der Waals surface area contributed by atoms with Crippen LogP contribution in [0, 0.1) is 11.3 Å². The number of carbonyl (C=O) groups is 2. The number of nitrogens with one attached hydrogen (secondary N) is 1. The molecule has 1 atom stereocenters. The third-order valence-corrected chi connectivity index (χ3v) is 4.86. The molecule has 122 valence electrons. The van der Waals surface area contributed by atoms with Gasteiger partial charge in [0, 0.05) is 13.0 Å². The van der Waals surface area contributed by atoms with Crippen LogP contribution in [-0.2, 0) is 9.59 Å². The Labute approximate surface area is 128 Å². The van der Waals surface area contributed by atoms with Gasteiger partial charge in [0.1, 0.15) is 0 Å². The van der Waals surface area contributed by atoms with Crippen molar-refractivity contribution in [2.75, 3.05) is 6.54 Å². The van der Waals surface area contributed by atoms with E-state index < -0.39 is 5.97 Å². The highest BCUT2D eigenvalue weighted by Crippen LogP contribution is 2.44. The number of carboxylic acid groups (broad SMARTS) is 1. The minimum Gasteiger partial charge on any atom is -0.481 e. The van der Waals surface area contributed by atoms with Gasteiger partial charge in [0.2, 0.25) is 5.91 Å². The Morgan fingerprint density at radius 2 is 1.86 bits per heavy atom. The SMILES string of the molecule is CCCCC(CC)CNC(=O)CC1(CC(=O)O)CCCC1. The monoisotopic (exact) mass is 297 g/mol. The lowest BCUT2D eigenvalue weighted by Gasteiger charge is -2.26. The van der Waals surface area contributed by atoms with Crippen LogP contribution in [0.3, 0.4) is 0 Å². The fourth-order valence-electron chi connectivity index (χ4n) is 3.47. The predicted molar refractivity (Wildman–Crippen MR) is 84.1 cm³/mol. The van der Waals surface area contributed by atoms with E-state index in [4.69, 9.17) is 5.11 Å². The van der Waals surface area contributed by atoms with E-state index in [2.05, 4.69) is 19.2 Å². The Bertz CT molecular complexity index is 335. The standard InChI is InChI=1S/C17H31NO3/c1-3-5-8-14(4-2)13-18-15(19)11-17(12-16(20)21)9-6-7-10-17/h14H,3-13H2,1-2H3,(H,18,19)(H,20,21). The van der Waals surface area contributed by atoms with Crippen LogP contribution in [0.4, 0.5) is 0 Å². The lowest BCUT2D eigenvalue weighted by Crippen LogP contribution is -2.34. The molecule has 4 nitrogen and oxygen atoms in total. The molecule has 21 heavy (non-hydrogen) atoms. The first kappa shape index (κ1) is 18.0. The first-order valence-electron chi connectivity index (χ1n) is 8.50. The van der Waals surface area contributed by atoms with E-state index in [9.17, 15) is 9.59 Å². The van der Waals surface area contributed by atoms with Gasteiger partial charge in [-0.2, -0.15) is 0 Å². The fraction of sp³-hybridized carbons (Fsp3) is 0.882. The third kappa shape index (κ3) is 6.49.